The zero-order valence-electron chi connectivity index (χ0n) is 19.2. The van der Waals surface area contributed by atoms with Crippen LogP contribution < -0.4 is 15.6 Å². The number of ether oxygens (including phenoxy) is 2. The molecule has 1 fully saturated rings. The van der Waals surface area contributed by atoms with Gasteiger partial charge in [0.25, 0.3) is 5.56 Å². The molecule has 3 aromatic rings. The molecule has 1 aliphatic rings. The third-order valence-corrected chi connectivity index (χ3v) is 6.32. The van der Waals surface area contributed by atoms with Crippen molar-refractivity contribution in [2.45, 2.75) is 45.4 Å². The maximum absolute atomic E-state index is 12.9. The Morgan fingerprint density at radius 3 is 2.82 bits per heavy atom. The lowest BCUT2D eigenvalue weighted by molar-refractivity contribution is 0.0895. The van der Waals surface area contributed by atoms with Crippen LogP contribution in [0.3, 0.4) is 0 Å². The lowest BCUT2D eigenvalue weighted by Gasteiger charge is -2.30. The first kappa shape index (κ1) is 23.3. The van der Waals surface area contributed by atoms with Crippen molar-refractivity contribution in [1.29, 1.82) is 0 Å². The van der Waals surface area contributed by atoms with Gasteiger partial charge in [-0.1, -0.05) is 30.3 Å². The van der Waals surface area contributed by atoms with Gasteiger partial charge in [0.05, 0.1) is 25.3 Å². The zero-order chi connectivity index (χ0) is 23.2. The van der Waals surface area contributed by atoms with Gasteiger partial charge in [-0.05, 0) is 68.7 Å². The van der Waals surface area contributed by atoms with Crippen LogP contribution in [-0.2, 0) is 11.3 Å². The van der Waals surface area contributed by atoms with Crippen LogP contribution >= 0.6 is 12.2 Å². The van der Waals surface area contributed by atoms with Gasteiger partial charge in [0, 0.05) is 29.6 Å². The first-order valence-electron chi connectivity index (χ1n) is 11.5. The van der Waals surface area contributed by atoms with Crippen molar-refractivity contribution in [2.75, 3.05) is 19.8 Å². The minimum atomic E-state index is -0.108. The Morgan fingerprint density at radius 1 is 1.27 bits per heavy atom. The Bertz CT molecular complexity index is 1140. The molecule has 7 heteroatoms. The molecule has 1 aromatic heterocycles. The van der Waals surface area contributed by atoms with E-state index < -0.39 is 0 Å². The summed E-state index contributed by atoms with van der Waals surface area (Å²) in [6.45, 7) is 6.45. The normalized spacial score (nSPS) is 16.5. The molecule has 2 atom stereocenters. The van der Waals surface area contributed by atoms with E-state index in [1.807, 2.05) is 54.3 Å². The van der Waals surface area contributed by atoms with Crippen molar-refractivity contribution in [2.24, 2.45) is 0 Å². The Balaban J connectivity index is 1.57. The van der Waals surface area contributed by atoms with E-state index in [9.17, 15) is 4.79 Å². The molecule has 1 aliphatic heterocycles. The van der Waals surface area contributed by atoms with E-state index in [1.54, 1.807) is 0 Å². The summed E-state index contributed by atoms with van der Waals surface area (Å²) < 4.78 is 11.5. The molecule has 174 valence electrons. The van der Waals surface area contributed by atoms with Gasteiger partial charge in [-0.25, -0.2) is 0 Å². The number of hydrogen-bond donors (Lipinski definition) is 2. The smallest absolute Gasteiger partial charge is 0.253 e. The largest absolute Gasteiger partial charge is 0.494 e. The van der Waals surface area contributed by atoms with E-state index in [2.05, 4.69) is 29.4 Å². The molecule has 0 unspecified atom stereocenters. The SMILES string of the molecule is CCOc1ccc2[nH]c(=O)c(CN(C[C@@H]3CCCO3)C(=S)N[C@H](C)c3ccccc3)cc2c1. The second-order valence-electron chi connectivity index (χ2n) is 8.40. The van der Waals surface area contributed by atoms with Crippen molar-refractivity contribution in [1.82, 2.24) is 15.2 Å². The first-order valence-corrected chi connectivity index (χ1v) is 11.9. The molecule has 2 N–H and O–H groups in total. The average molecular weight is 466 g/mol. The van der Waals surface area contributed by atoms with Crippen molar-refractivity contribution < 1.29 is 9.47 Å². The highest BCUT2D eigenvalue weighted by atomic mass is 32.1. The maximum Gasteiger partial charge on any atom is 0.253 e. The number of nitrogens with one attached hydrogen (secondary N) is 2. The molecule has 6 nitrogen and oxygen atoms in total. The quantitative estimate of drug-likeness (QED) is 0.476. The average Bonchev–Trinajstić information content (AvgIpc) is 3.33. The van der Waals surface area contributed by atoms with Crippen LogP contribution in [0.1, 0.15) is 43.9 Å². The van der Waals surface area contributed by atoms with Crippen LogP contribution in [0.5, 0.6) is 5.75 Å². The molecule has 0 aliphatic carbocycles. The minimum Gasteiger partial charge on any atom is -0.494 e. The van der Waals surface area contributed by atoms with E-state index in [0.29, 0.717) is 30.4 Å². The Morgan fingerprint density at radius 2 is 2.09 bits per heavy atom. The van der Waals surface area contributed by atoms with Crippen LogP contribution in [-0.4, -0.2) is 40.9 Å². The summed E-state index contributed by atoms with van der Waals surface area (Å²) in [5.41, 5.74) is 2.49. The van der Waals surface area contributed by atoms with Gasteiger partial charge in [0.1, 0.15) is 5.75 Å². The molecule has 0 radical (unpaired) electrons. The molecular weight excluding hydrogens is 434 g/mol. The van der Waals surface area contributed by atoms with Crippen LogP contribution in [0.15, 0.2) is 59.4 Å². The fourth-order valence-electron chi connectivity index (χ4n) is 4.16. The molecule has 33 heavy (non-hydrogen) atoms. The van der Waals surface area contributed by atoms with Crippen molar-refractivity contribution >= 4 is 28.2 Å². The second kappa shape index (κ2) is 10.8. The third-order valence-electron chi connectivity index (χ3n) is 5.94. The van der Waals surface area contributed by atoms with Crippen molar-refractivity contribution in [3.8, 4) is 5.75 Å². The van der Waals surface area contributed by atoms with Gasteiger partial charge in [-0.3, -0.25) is 4.79 Å². The summed E-state index contributed by atoms with van der Waals surface area (Å²) in [5.74, 6) is 0.785. The number of hydrogen-bond acceptors (Lipinski definition) is 4. The van der Waals surface area contributed by atoms with E-state index in [-0.39, 0.29) is 17.7 Å². The number of benzene rings is 2. The Hall–Kier alpha value is -2.90. The molecule has 0 amide bonds. The van der Waals surface area contributed by atoms with Crippen LogP contribution in [0.25, 0.3) is 10.9 Å². The number of rotatable bonds is 8. The monoisotopic (exact) mass is 465 g/mol. The summed E-state index contributed by atoms with van der Waals surface area (Å²) in [4.78, 5) is 17.9. The van der Waals surface area contributed by atoms with Crippen molar-refractivity contribution in [3.05, 3.63) is 76.1 Å². The minimum absolute atomic E-state index is 0.0503. The summed E-state index contributed by atoms with van der Waals surface area (Å²) >= 11 is 5.81. The predicted molar refractivity (Wildman–Crippen MR) is 136 cm³/mol. The fourth-order valence-corrected chi connectivity index (χ4v) is 4.48. The summed E-state index contributed by atoms with van der Waals surface area (Å²) in [7, 11) is 0. The molecule has 4 rings (SSSR count). The number of aromatic nitrogens is 1. The summed E-state index contributed by atoms with van der Waals surface area (Å²) in [5, 5.41) is 4.99. The van der Waals surface area contributed by atoms with Crippen LogP contribution in [0.4, 0.5) is 0 Å². The third kappa shape index (κ3) is 5.92. The number of pyridine rings is 1. The van der Waals surface area contributed by atoms with Gasteiger partial charge in [-0.15, -0.1) is 0 Å². The highest BCUT2D eigenvalue weighted by Gasteiger charge is 2.23. The van der Waals surface area contributed by atoms with Gasteiger partial charge < -0.3 is 24.7 Å². The molecule has 2 aromatic carbocycles. The van der Waals surface area contributed by atoms with Gasteiger partial charge in [0.2, 0.25) is 0 Å². The van der Waals surface area contributed by atoms with Gasteiger partial charge in [0.15, 0.2) is 5.11 Å². The predicted octanol–water partition coefficient (Wildman–Crippen LogP) is 4.54. The molecular formula is C26H31N3O3S. The van der Waals surface area contributed by atoms with E-state index in [4.69, 9.17) is 21.7 Å². The van der Waals surface area contributed by atoms with E-state index in [0.717, 1.165) is 41.7 Å². The number of fused-ring (bicyclic) bond motifs is 1. The molecule has 0 saturated carbocycles. The standard InChI is InChI=1S/C26H31N3O3S/c1-3-31-22-11-12-24-20(15-22)14-21(25(30)28-24)16-29(17-23-10-7-13-32-23)26(33)27-18(2)19-8-5-4-6-9-19/h4-6,8-9,11-12,14-15,18,23H,3,7,10,13,16-17H2,1-2H3,(H,27,33)(H,28,30)/t18-,23+/m1/s1. The highest BCUT2D eigenvalue weighted by Crippen LogP contribution is 2.21. The first-order chi connectivity index (χ1) is 16.0. The highest BCUT2D eigenvalue weighted by molar-refractivity contribution is 7.80. The van der Waals surface area contributed by atoms with E-state index >= 15 is 0 Å². The second-order valence-corrected chi connectivity index (χ2v) is 8.79. The zero-order valence-corrected chi connectivity index (χ0v) is 20.0. The Labute approximate surface area is 199 Å². The van der Waals surface area contributed by atoms with Gasteiger partial charge in [-0.2, -0.15) is 0 Å². The lowest BCUT2D eigenvalue weighted by Crippen LogP contribution is -2.44. The lowest BCUT2D eigenvalue weighted by atomic mass is 10.1. The number of aromatic amines is 1. The molecule has 1 saturated heterocycles. The van der Waals surface area contributed by atoms with Crippen LogP contribution in [0.2, 0.25) is 0 Å². The number of H-pyrrole nitrogens is 1. The molecule has 0 spiro atoms. The summed E-state index contributed by atoms with van der Waals surface area (Å²) in [6.07, 6.45) is 2.16. The van der Waals surface area contributed by atoms with E-state index in [1.165, 1.54) is 0 Å². The topological polar surface area (TPSA) is 66.6 Å². The van der Waals surface area contributed by atoms with Crippen LogP contribution in [0, 0.1) is 0 Å². The fraction of sp³-hybridized carbons (Fsp3) is 0.385. The molecule has 0 bridgehead atoms. The van der Waals surface area contributed by atoms with Gasteiger partial charge >= 0.3 is 0 Å². The summed E-state index contributed by atoms with van der Waals surface area (Å²) in [6, 6.07) is 17.9. The number of nitrogens with zero attached hydrogens (tertiary/aromatic N) is 1. The number of thiocarbonyl (C=S) groups is 1. The Kier molecular flexibility index (Phi) is 7.62. The maximum atomic E-state index is 12.9. The van der Waals surface area contributed by atoms with Crippen molar-refractivity contribution in [3.63, 3.8) is 0 Å². The molecule has 2 heterocycles.